The molecule has 2 aromatic carbocycles. The molecule has 0 spiro atoms. The van der Waals surface area contributed by atoms with Gasteiger partial charge >= 0.3 is 0 Å². The Kier molecular flexibility index (Phi) is 4.57. The normalized spacial score (nSPS) is 10.4. The minimum absolute atomic E-state index is 0.373. The molecular formula is C19H18N4O. The maximum Gasteiger partial charge on any atom is 0.186 e. The van der Waals surface area contributed by atoms with Crippen LogP contribution in [0.25, 0.3) is 0 Å². The number of hydrogen-bond donors (Lipinski definition) is 0. The predicted molar refractivity (Wildman–Crippen MR) is 90.8 cm³/mol. The molecule has 1 heterocycles. The van der Waals surface area contributed by atoms with Crippen LogP contribution in [0.5, 0.6) is 5.75 Å². The van der Waals surface area contributed by atoms with E-state index in [-0.39, 0.29) is 0 Å². The second-order valence-corrected chi connectivity index (χ2v) is 5.66. The molecule has 0 atom stereocenters. The highest BCUT2D eigenvalue weighted by atomic mass is 16.5. The summed E-state index contributed by atoms with van der Waals surface area (Å²) < 4.78 is 6.98. The standard InChI is InChI=1S/C19H18N4O/c1-14-3-5-16(6-4-14)13-23-19(18(12-20)21-22-23)11-15-7-9-17(24-2)10-8-15/h3-10H,11,13H2,1-2H3. The number of aromatic nitrogens is 3. The van der Waals surface area contributed by atoms with E-state index in [1.807, 2.05) is 24.3 Å². The van der Waals surface area contributed by atoms with Crippen LogP contribution in [0.1, 0.15) is 28.1 Å². The molecule has 3 aromatic rings. The molecule has 0 aliphatic heterocycles. The highest BCUT2D eigenvalue weighted by Crippen LogP contribution is 2.17. The molecule has 120 valence electrons. The Morgan fingerprint density at radius 1 is 1.04 bits per heavy atom. The Morgan fingerprint density at radius 3 is 2.33 bits per heavy atom. The monoisotopic (exact) mass is 318 g/mol. The van der Waals surface area contributed by atoms with E-state index in [2.05, 4.69) is 47.6 Å². The molecule has 0 N–H and O–H groups in total. The zero-order valence-electron chi connectivity index (χ0n) is 13.7. The van der Waals surface area contributed by atoms with E-state index >= 15 is 0 Å². The van der Waals surface area contributed by atoms with Crippen molar-refractivity contribution in [2.45, 2.75) is 19.9 Å². The van der Waals surface area contributed by atoms with Gasteiger partial charge in [0.05, 0.1) is 19.3 Å². The lowest BCUT2D eigenvalue weighted by Crippen LogP contribution is -2.08. The second-order valence-electron chi connectivity index (χ2n) is 5.66. The van der Waals surface area contributed by atoms with Crippen LogP contribution in [0, 0.1) is 18.3 Å². The van der Waals surface area contributed by atoms with Crippen molar-refractivity contribution in [1.82, 2.24) is 15.0 Å². The Hall–Kier alpha value is -3.13. The molecule has 0 aliphatic carbocycles. The Balaban J connectivity index is 1.87. The number of hydrogen-bond acceptors (Lipinski definition) is 4. The van der Waals surface area contributed by atoms with Crippen LogP contribution in [0.3, 0.4) is 0 Å². The minimum Gasteiger partial charge on any atom is -0.497 e. The summed E-state index contributed by atoms with van der Waals surface area (Å²) in [7, 11) is 1.64. The lowest BCUT2D eigenvalue weighted by Gasteiger charge is -2.08. The van der Waals surface area contributed by atoms with Gasteiger partial charge in [-0.2, -0.15) is 5.26 Å². The molecule has 0 saturated heterocycles. The zero-order chi connectivity index (χ0) is 16.9. The Labute approximate surface area is 141 Å². The molecule has 5 heteroatoms. The van der Waals surface area contributed by atoms with Gasteiger partial charge in [0.15, 0.2) is 5.69 Å². The lowest BCUT2D eigenvalue weighted by molar-refractivity contribution is 0.414. The third-order valence-corrected chi connectivity index (χ3v) is 3.93. The topological polar surface area (TPSA) is 63.7 Å². The van der Waals surface area contributed by atoms with E-state index in [1.54, 1.807) is 11.8 Å². The van der Waals surface area contributed by atoms with Gasteiger partial charge in [0.25, 0.3) is 0 Å². The number of ether oxygens (including phenoxy) is 1. The maximum absolute atomic E-state index is 9.31. The molecular weight excluding hydrogens is 300 g/mol. The van der Waals surface area contributed by atoms with Crippen LogP contribution in [-0.4, -0.2) is 22.1 Å². The third kappa shape index (κ3) is 3.44. The second kappa shape index (κ2) is 6.97. The lowest BCUT2D eigenvalue weighted by atomic mass is 10.1. The molecule has 0 saturated carbocycles. The number of rotatable bonds is 5. The van der Waals surface area contributed by atoms with E-state index in [0.29, 0.717) is 18.7 Å². The van der Waals surface area contributed by atoms with Crippen molar-refractivity contribution in [2.75, 3.05) is 7.11 Å². The van der Waals surface area contributed by atoms with Crippen LogP contribution in [0.4, 0.5) is 0 Å². The molecule has 24 heavy (non-hydrogen) atoms. The zero-order valence-corrected chi connectivity index (χ0v) is 13.7. The Bertz CT molecular complexity index is 858. The smallest absolute Gasteiger partial charge is 0.186 e. The first-order valence-corrected chi connectivity index (χ1v) is 7.70. The van der Waals surface area contributed by atoms with Crippen LogP contribution in [0.15, 0.2) is 48.5 Å². The number of nitriles is 1. The van der Waals surface area contributed by atoms with Gasteiger partial charge in [-0.15, -0.1) is 5.10 Å². The molecule has 0 bridgehead atoms. The van der Waals surface area contributed by atoms with Crippen molar-refractivity contribution in [3.8, 4) is 11.8 Å². The van der Waals surface area contributed by atoms with Gasteiger partial charge < -0.3 is 4.74 Å². The van der Waals surface area contributed by atoms with Crippen molar-refractivity contribution >= 4 is 0 Å². The fraction of sp³-hybridized carbons (Fsp3) is 0.211. The summed E-state index contributed by atoms with van der Waals surface area (Å²) in [5.74, 6) is 0.811. The van der Waals surface area contributed by atoms with E-state index in [1.165, 1.54) is 5.56 Å². The van der Waals surface area contributed by atoms with Gasteiger partial charge in [-0.1, -0.05) is 47.2 Å². The van der Waals surface area contributed by atoms with E-state index in [4.69, 9.17) is 4.74 Å². The summed E-state index contributed by atoms with van der Waals surface area (Å²) >= 11 is 0. The van der Waals surface area contributed by atoms with E-state index in [9.17, 15) is 5.26 Å². The van der Waals surface area contributed by atoms with Crippen molar-refractivity contribution < 1.29 is 4.74 Å². The third-order valence-electron chi connectivity index (χ3n) is 3.93. The molecule has 0 radical (unpaired) electrons. The number of aryl methyl sites for hydroxylation is 1. The van der Waals surface area contributed by atoms with Gasteiger partial charge in [-0.05, 0) is 30.2 Å². The molecule has 1 aromatic heterocycles. The fourth-order valence-corrected chi connectivity index (χ4v) is 2.52. The molecule has 5 nitrogen and oxygen atoms in total. The van der Waals surface area contributed by atoms with Crippen LogP contribution < -0.4 is 4.74 Å². The van der Waals surface area contributed by atoms with Crippen molar-refractivity contribution in [2.24, 2.45) is 0 Å². The summed E-state index contributed by atoms with van der Waals surface area (Å²) in [6.07, 6.45) is 0.603. The van der Waals surface area contributed by atoms with Crippen molar-refractivity contribution in [3.05, 3.63) is 76.6 Å². The quantitative estimate of drug-likeness (QED) is 0.725. The maximum atomic E-state index is 9.31. The summed E-state index contributed by atoms with van der Waals surface area (Å²) in [5.41, 5.74) is 4.63. The highest BCUT2D eigenvalue weighted by molar-refractivity contribution is 5.34. The van der Waals surface area contributed by atoms with Gasteiger partial charge in [0.1, 0.15) is 11.8 Å². The number of nitrogens with zero attached hydrogens (tertiary/aromatic N) is 4. The van der Waals surface area contributed by atoms with Gasteiger partial charge in [0, 0.05) is 6.42 Å². The van der Waals surface area contributed by atoms with Gasteiger partial charge in [0.2, 0.25) is 0 Å². The first kappa shape index (κ1) is 15.8. The number of benzene rings is 2. The van der Waals surface area contributed by atoms with Crippen molar-refractivity contribution in [1.29, 1.82) is 5.26 Å². The molecule has 0 fully saturated rings. The molecule has 3 rings (SSSR count). The summed E-state index contributed by atoms with van der Waals surface area (Å²) in [6.45, 7) is 2.66. The van der Waals surface area contributed by atoms with E-state index < -0.39 is 0 Å². The van der Waals surface area contributed by atoms with E-state index in [0.717, 1.165) is 22.6 Å². The fourth-order valence-electron chi connectivity index (χ4n) is 2.52. The van der Waals surface area contributed by atoms with Crippen LogP contribution in [-0.2, 0) is 13.0 Å². The van der Waals surface area contributed by atoms with Gasteiger partial charge in [-0.3, -0.25) is 0 Å². The largest absolute Gasteiger partial charge is 0.497 e. The molecule has 0 aliphatic rings. The SMILES string of the molecule is COc1ccc(Cc2c(C#N)nnn2Cc2ccc(C)cc2)cc1. The summed E-state index contributed by atoms with van der Waals surface area (Å²) in [5, 5.41) is 17.5. The molecule has 0 amide bonds. The average molecular weight is 318 g/mol. The van der Waals surface area contributed by atoms with Crippen LogP contribution in [0.2, 0.25) is 0 Å². The highest BCUT2D eigenvalue weighted by Gasteiger charge is 2.13. The summed E-state index contributed by atoms with van der Waals surface area (Å²) in [6, 6.07) is 18.2. The van der Waals surface area contributed by atoms with Gasteiger partial charge in [-0.25, -0.2) is 4.68 Å². The minimum atomic E-state index is 0.373. The van der Waals surface area contributed by atoms with Crippen molar-refractivity contribution in [3.63, 3.8) is 0 Å². The first-order chi connectivity index (χ1) is 11.7. The number of methoxy groups -OCH3 is 1. The van der Waals surface area contributed by atoms with Crippen LogP contribution >= 0.6 is 0 Å². The summed E-state index contributed by atoms with van der Waals surface area (Å²) in [4.78, 5) is 0. The first-order valence-electron chi connectivity index (χ1n) is 7.70. The molecule has 0 unspecified atom stereocenters. The predicted octanol–water partition coefficient (Wildman–Crippen LogP) is 3.11. The Morgan fingerprint density at radius 2 is 1.71 bits per heavy atom. The average Bonchev–Trinajstić information content (AvgIpc) is 2.99.